The Morgan fingerprint density at radius 1 is 1.52 bits per heavy atom. The molecule has 0 saturated heterocycles. The van der Waals surface area contributed by atoms with E-state index in [1.807, 2.05) is 0 Å². The third kappa shape index (κ3) is 4.12. The number of pyridine rings is 1. The second-order valence-electron chi connectivity index (χ2n) is 4.27. The molecule has 0 radical (unpaired) electrons. The number of hydrogen-bond donors (Lipinski definition) is 2. The Hall–Kier alpha value is -2.72. The first-order valence-corrected chi connectivity index (χ1v) is 6.46. The molecule has 0 spiro atoms. The van der Waals surface area contributed by atoms with Crippen molar-refractivity contribution in [3.05, 3.63) is 41.7 Å². The minimum Gasteiger partial charge on any atom is -0.352 e. The number of hydrogen-bond acceptors (Lipinski definition) is 5. The quantitative estimate of drug-likeness (QED) is 0.737. The van der Waals surface area contributed by atoms with Gasteiger partial charge in [-0.25, -0.2) is 4.98 Å². The summed E-state index contributed by atoms with van der Waals surface area (Å²) >= 11 is 0. The second-order valence-corrected chi connectivity index (χ2v) is 4.27. The van der Waals surface area contributed by atoms with Crippen molar-refractivity contribution in [1.29, 1.82) is 0 Å². The van der Waals surface area contributed by atoms with E-state index in [1.165, 1.54) is 0 Å². The Morgan fingerprint density at radius 3 is 3.10 bits per heavy atom. The van der Waals surface area contributed by atoms with E-state index in [-0.39, 0.29) is 12.5 Å². The molecule has 7 heteroatoms. The van der Waals surface area contributed by atoms with E-state index in [2.05, 4.69) is 32.2 Å². The minimum absolute atomic E-state index is 0.199. The zero-order valence-corrected chi connectivity index (χ0v) is 11.7. The summed E-state index contributed by atoms with van der Waals surface area (Å²) < 4.78 is 1.63. The molecule has 0 fully saturated rings. The van der Waals surface area contributed by atoms with E-state index in [4.69, 9.17) is 5.73 Å². The number of nitrogens with two attached hydrogens (primary N) is 1. The Balaban J connectivity index is 1.97. The van der Waals surface area contributed by atoms with Gasteiger partial charge in [0.15, 0.2) is 5.82 Å². The van der Waals surface area contributed by atoms with Gasteiger partial charge in [-0.1, -0.05) is 11.8 Å². The van der Waals surface area contributed by atoms with Crippen molar-refractivity contribution < 1.29 is 4.79 Å². The van der Waals surface area contributed by atoms with Crippen LogP contribution in [-0.4, -0.2) is 38.7 Å². The van der Waals surface area contributed by atoms with Crippen molar-refractivity contribution in [1.82, 2.24) is 25.1 Å². The van der Waals surface area contributed by atoms with Crippen LogP contribution in [0, 0.1) is 11.8 Å². The van der Waals surface area contributed by atoms with Gasteiger partial charge in [0.2, 0.25) is 0 Å². The maximum absolute atomic E-state index is 12.1. The van der Waals surface area contributed by atoms with Gasteiger partial charge in [0.05, 0.1) is 17.7 Å². The van der Waals surface area contributed by atoms with Crippen LogP contribution in [0.15, 0.2) is 24.8 Å². The van der Waals surface area contributed by atoms with Crippen molar-refractivity contribution >= 4 is 5.91 Å². The lowest BCUT2D eigenvalue weighted by Crippen LogP contribution is -2.26. The predicted octanol–water partition coefficient (Wildman–Crippen LogP) is -0.507. The highest BCUT2D eigenvalue weighted by Gasteiger charge is 2.10. The average molecular weight is 284 g/mol. The smallest absolute Gasteiger partial charge is 0.252 e. The summed E-state index contributed by atoms with van der Waals surface area (Å²) in [6, 6.07) is 1.63. The van der Waals surface area contributed by atoms with Gasteiger partial charge in [-0.05, 0) is 6.07 Å². The SMILES string of the molecule is Cn1cnc(CCNC(=O)c2ccncc2C#CCN)n1. The van der Waals surface area contributed by atoms with E-state index in [0.717, 1.165) is 0 Å². The van der Waals surface area contributed by atoms with Crippen molar-refractivity contribution in [2.45, 2.75) is 6.42 Å². The summed E-state index contributed by atoms with van der Waals surface area (Å²) in [5, 5.41) is 6.96. The van der Waals surface area contributed by atoms with Crippen molar-refractivity contribution in [2.75, 3.05) is 13.1 Å². The fourth-order valence-corrected chi connectivity index (χ4v) is 1.72. The maximum atomic E-state index is 12.1. The number of carbonyl (C=O) groups excluding carboxylic acids is 1. The molecular formula is C14H16N6O. The van der Waals surface area contributed by atoms with Crippen LogP contribution in [0.25, 0.3) is 0 Å². The summed E-state index contributed by atoms with van der Waals surface area (Å²) in [4.78, 5) is 20.2. The summed E-state index contributed by atoms with van der Waals surface area (Å²) in [5.74, 6) is 6.05. The van der Waals surface area contributed by atoms with Crippen LogP contribution in [-0.2, 0) is 13.5 Å². The number of rotatable bonds is 4. The number of carbonyl (C=O) groups is 1. The third-order valence-electron chi connectivity index (χ3n) is 2.67. The van der Waals surface area contributed by atoms with Crippen molar-refractivity contribution in [3.63, 3.8) is 0 Å². The Kier molecular flexibility index (Phi) is 5.01. The monoisotopic (exact) mass is 284 g/mol. The first kappa shape index (κ1) is 14.7. The van der Waals surface area contributed by atoms with Gasteiger partial charge in [-0.15, -0.1) is 0 Å². The summed E-state index contributed by atoms with van der Waals surface area (Å²) in [5.41, 5.74) is 6.39. The van der Waals surface area contributed by atoms with Crippen molar-refractivity contribution in [2.24, 2.45) is 12.8 Å². The van der Waals surface area contributed by atoms with E-state index >= 15 is 0 Å². The molecule has 21 heavy (non-hydrogen) atoms. The van der Waals surface area contributed by atoms with E-state index in [0.29, 0.717) is 29.9 Å². The van der Waals surface area contributed by atoms with Gasteiger partial charge < -0.3 is 11.1 Å². The standard InChI is InChI=1S/C14H16N6O/c1-20-10-18-13(19-20)5-8-17-14(21)12-4-7-16-9-11(12)3-2-6-15/h4,7,9-10H,5-6,8,15H2,1H3,(H,17,21). The molecule has 2 aromatic heterocycles. The maximum Gasteiger partial charge on any atom is 0.252 e. The lowest BCUT2D eigenvalue weighted by Gasteiger charge is -2.05. The van der Waals surface area contributed by atoms with E-state index in [9.17, 15) is 4.79 Å². The normalized spacial score (nSPS) is 9.81. The lowest BCUT2D eigenvalue weighted by molar-refractivity contribution is 0.0953. The molecule has 0 aliphatic carbocycles. The van der Waals surface area contributed by atoms with Crippen LogP contribution >= 0.6 is 0 Å². The first-order valence-electron chi connectivity index (χ1n) is 6.46. The topological polar surface area (TPSA) is 98.7 Å². The van der Waals surface area contributed by atoms with Gasteiger partial charge in [0.1, 0.15) is 6.33 Å². The predicted molar refractivity (Wildman–Crippen MR) is 77.2 cm³/mol. The van der Waals surface area contributed by atoms with E-state index in [1.54, 1.807) is 36.5 Å². The largest absolute Gasteiger partial charge is 0.352 e. The van der Waals surface area contributed by atoms with Crippen LogP contribution in [0.5, 0.6) is 0 Å². The number of aromatic nitrogens is 4. The highest BCUT2D eigenvalue weighted by Crippen LogP contribution is 2.05. The average Bonchev–Trinajstić information content (AvgIpc) is 2.91. The molecule has 2 aromatic rings. The molecule has 2 heterocycles. The molecule has 108 valence electrons. The van der Waals surface area contributed by atoms with Gasteiger partial charge in [-0.3, -0.25) is 14.5 Å². The van der Waals surface area contributed by atoms with Gasteiger partial charge in [-0.2, -0.15) is 5.10 Å². The molecule has 7 nitrogen and oxygen atoms in total. The fraction of sp³-hybridized carbons (Fsp3) is 0.286. The molecular weight excluding hydrogens is 268 g/mol. The van der Waals surface area contributed by atoms with Crippen LogP contribution in [0.4, 0.5) is 0 Å². The molecule has 1 amide bonds. The first-order chi connectivity index (χ1) is 10.2. The second kappa shape index (κ2) is 7.17. The van der Waals surface area contributed by atoms with Crippen LogP contribution in [0.1, 0.15) is 21.7 Å². The molecule has 3 N–H and O–H groups in total. The highest BCUT2D eigenvalue weighted by molar-refractivity contribution is 5.96. The van der Waals surface area contributed by atoms with Crippen LogP contribution < -0.4 is 11.1 Å². The van der Waals surface area contributed by atoms with E-state index < -0.39 is 0 Å². The summed E-state index contributed by atoms with van der Waals surface area (Å²) in [6.07, 6.45) is 5.31. The van der Waals surface area contributed by atoms with Crippen molar-refractivity contribution in [3.8, 4) is 11.8 Å². The number of nitrogens with one attached hydrogen (secondary N) is 1. The fourth-order valence-electron chi connectivity index (χ4n) is 1.72. The number of amides is 1. The van der Waals surface area contributed by atoms with Gasteiger partial charge in [0, 0.05) is 32.4 Å². The van der Waals surface area contributed by atoms with Crippen LogP contribution in [0.2, 0.25) is 0 Å². The zero-order valence-electron chi connectivity index (χ0n) is 11.7. The molecule has 0 aliphatic heterocycles. The minimum atomic E-state index is -0.199. The number of nitrogens with zero attached hydrogens (tertiary/aromatic N) is 4. The molecule has 0 atom stereocenters. The summed E-state index contributed by atoms with van der Waals surface area (Å²) in [7, 11) is 1.80. The molecule has 0 aliphatic rings. The molecule has 0 saturated carbocycles. The lowest BCUT2D eigenvalue weighted by atomic mass is 10.1. The summed E-state index contributed by atoms with van der Waals surface area (Å²) in [6.45, 7) is 0.691. The molecule has 0 bridgehead atoms. The molecule has 0 aromatic carbocycles. The van der Waals surface area contributed by atoms with Gasteiger partial charge >= 0.3 is 0 Å². The highest BCUT2D eigenvalue weighted by atomic mass is 16.1. The molecule has 0 unspecified atom stereocenters. The zero-order chi connectivity index (χ0) is 15.1. The Labute approximate surface area is 122 Å². The van der Waals surface area contributed by atoms with Crippen LogP contribution in [0.3, 0.4) is 0 Å². The third-order valence-corrected chi connectivity index (χ3v) is 2.67. The Bertz CT molecular complexity index is 682. The Morgan fingerprint density at radius 2 is 2.38 bits per heavy atom. The van der Waals surface area contributed by atoms with Gasteiger partial charge in [0.25, 0.3) is 5.91 Å². The molecule has 2 rings (SSSR count). The number of aryl methyl sites for hydroxylation is 1.